The zero-order chi connectivity index (χ0) is 19.6. The monoisotopic (exact) mass is 387 g/mol. The number of nitrogens with one attached hydrogen (secondary N) is 2. The van der Waals surface area contributed by atoms with E-state index >= 15 is 0 Å². The molecule has 2 aromatic rings. The van der Waals surface area contributed by atoms with Gasteiger partial charge in [-0.15, -0.1) is 0 Å². The van der Waals surface area contributed by atoms with Crippen LogP contribution >= 0.6 is 0 Å². The van der Waals surface area contributed by atoms with Crippen molar-refractivity contribution in [2.24, 2.45) is 0 Å². The van der Waals surface area contributed by atoms with Crippen molar-refractivity contribution in [3.05, 3.63) is 64.7 Å². The van der Waals surface area contributed by atoms with E-state index in [0.29, 0.717) is 12.1 Å². The summed E-state index contributed by atoms with van der Waals surface area (Å²) in [6, 6.07) is 12.2. The van der Waals surface area contributed by atoms with Crippen LogP contribution in [0.4, 0.5) is 0 Å². The smallest absolute Gasteiger partial charge is 0.251 e. The molecule has 0 unspecified atom stereocenters. The SMILES string of the molecule is CC(C)N(C)S(=O)(=O)c1cccc(C(=O)NCc2ccc3c(c2)CNC3)c1. The number of sulfonamides is 1. The first kappa shape index (κ1) is 19.5. The van der Waals surface area contributed by atoms with E-state index in [4.69, 9.17) is 0 Å². The lowest BCUT2D eigenvalue weighted by molar-refractivity contribution is 0.0950. The summed E-state index contributed by atoms with van der Waals surface area (Å²) in [4.78, 5) is 12.6. The lowest BCUT2D eigenvalue weighted by Gasteiger charge is -2.21. The Morgan fingerprint density at radius 2 is 1.89 bits per heavy atom. The third-order valence-corrected chi connectivity index (χ3v) is 6.88. The average Bonchev–Trinajstić information content (AvgIpc) is 3.13. The van der Waals surface area contributed by atoms with E-state index in [0.717, 1.165) is 18.7 Å². The van der Waals surface area contributed by atoms with E-state index in [-0.39, 0.29) is 16.8 Å². The van der Waals surface area contributed by atoms with Crippen molar-refractivity contribution >= 4 is 15.9 Å². The number of carbonyl (C=O) groups is 1. The molecule has 6 nitrogen and oxygen atoms in total. The molecule has 0 aliphatic carbocycles. The molecule has 1 amide bonds. The average molecular weight is 388 g/mol. The molecular weight excluding hydrogens is 362 g/mol. The zero-order valence-corrected chi connectivity index (χ0v) is 16.6. The predicted octanol–water partition coefficient (Wildman–Crippen LogP) is 2.25. The molecule has 0 radical (unpaired) electrons. The molecule has 0 spiro atoms. The topological polar surface area (TPSA) is 78.5 Å². The van der Waals surface area contributed by atoms with Crippen LogP contribution in [-0.2, 0) is 29.7 Å². The van der Waals surface area contributed by atoms with Crippen LogP contribution in [0.3, 0.4) is 0 Å². The standard InChI is InChI=1S/C20H25N3O3S/c1-14(2)23(3)27(25,26)19-6-4-5-16(10-19)20(24)22-11-15-7-8-17-12-21-13-18(17)9-15/h4-10,14,21H,11-13H2,1-3H3,(H,22,24). The minimum atomic E-state index is -3.62. The first-order valence-corrected chi connectivity index (χ1v) is 10.4. The van der Waals surface area contributed by atoms with Crippen LogP contribution < -0.4 is 10.6 Å². The van der Waals surface area contributed by atoms with Gasteiger partial charge in [0.1, 0.15) is 0 Å². The van der Waals surface area contributed by atoms with E-state index in [1.807, 2.05) is 6.07 Å². The maximum absolute atomic E-state index is 12.6. The molecule has 1 heterocycles. The van der Waals surface area contributed by atoms with E-state index in [2.05, 4.69) is 22.8 Å². The normalized spacial score (nSPS) is 13.8. The van der Waals surface area contributed by atoms with E-state index < -0.39 is 10.0 Å². The van der Waals surface area contributed by atoms with Crippen LogP contribution in [0.2, 0.25) is 0 Å². The quantitative estimate of drug-likeness (QED) is 0.797. The predicted molar refractivity (Wildman–Crippen MR) is 105 cm³/mol. The molecule has 2 aromatic carbocycles. The van der Waals surface area contributed by atoms with Crippen LogP contribution in [0.25, 0.3) is 0 Å². The van der Waals surface area contributed by atoms with Gasteiger partial charge in [-0.1, -0.05) is 24.3 Å². The highest BCUT2D eigenvalue weighted by atomic mass is 32.2. The Morgan fingerprint density at radius 1 is 1.15 bits per heavy atom. The van der Waals surface area contributed by atoms with Crippen molar-refractivity contribution in [1.29, 1.82) is 0 Å². The maximum atomic E-state index is 12.6. The van der Waals surface area contributed by atoms with Gasteiger partial charge in [0, 0.05) is 38.3 Å². The zero-order valence-electron chi connectivity index (χ0n) is 15.8. The molecule has 144 valence electrons. The number of amides is 1. The van der Waals surface area contributed by atoms with Crippen molar-refractivity contribution in [1.82, 2.24) is 14.9 Å². The summed E-state index contributed by atoms with van der Waals surface area (Å²) in [6.07, 6.45) is 0. The Labute approximate surface area is 160 Å². The van der Waals surface area contributed by atoms with Crippen LogP contribution in [0, 0.1) is 0 Å². The van der Waals surface area contributed by atoms with Gasteiger partial charge in [0.25, 0.3) is 5.91 Å². The molecule has 0 fully saturated rings. The van der Waals surface area contributed by atoms with E-state index in [9.17, 15) is 13.2 Å². The van der Waals surface area contributed by atoms with Gasteiger partial charge in [0.15, 0.2) is 0 Å². The fraction of sp³-hybridized carbons (Fsp3) is 0.350. The van der Waals surface area contributed by atoms with Crippen LogP contribution in [0.15, 0.2) is 47.4 Å². The molecule has 7 heteroatoms. The third-order valence-electron chi connectivity index (χ3n) is 4.86. The summed E-state index contributed by atoms with van der Waals surface area (Å²) >= 11 is 0. The molecule has 27 heavy (non-hydrogen) atoms. The number of hydrogen-bond acceptors (Lipinski definition) is 4. The van der Waals surface area contributed by atoms with Crippen LogP contribution in [-0.4, -0.2) is 31.7 Å². The molecular formula is C20H25N3O3S. The molecule has 3 rings (SSSR count). The van der Waals surface area contributed by atoms with Gasteiger partial charge >= 0.3 is 0 Å². The van der Waals surface area contributed by atoms with Gasteiger partial charge in [0.2, 0.25) is 10.0 Å². The Morgan fingerprint density at radius 3 is 2.63 bits per heavy atom. The summed E-state index contributed by atoms with van der Waals surface area (Å²) in [5, 5.41) is 6.16. The van der Waals surface area contributed by atoms with Crippen LogP contribution in [0.5, 0.6) is 0 Å². The number of rotatable bonds is 6. The second-order valence-electron chi connectivity index (χ2n) is 7.03. The number of nitrogens with zero attached hydrogens (tertiary/aromatic N) is 1. The largest absolute Gasteiger partial charge is 0.348 e. The van der Waals surface area contributed by atoms with Gasteiger partial charge < -0.3 is 10.6 Å². The van der Waals surface area contributed by atoms with Gasteiger partial charge in [-0.2, -0.15) is 4.31 Å². The highest BCUT2D eigenvalue weighted by Crippen LogP contribution is 2.19. The Balaban J connectivity index is 1.72. The molecule has 1 aliphatic heterocycles. The van der Waals surface area contributed by atoms with Crippen molar-refractivity contribution in [2.45, 2.75) is 44.4 Å². The molecule has 0 aromatic heterocycles. The number of benzene rings is 2. The molecule has 1 aliphatic rings. The van der Waals surface area contributed by atoms with Gasteiger partial charge in [0.05, 0.1) is 4.90 Å². The Kier molecular flexibility index (Phi) is 5.64. The van der Waals surface area contributed by atoms with Gasteiger partial charge in [-0.05, 0) is 48.7 Å². The van der Waals surface area contributed by atoms with Gasteiger partial charge in [-0.3, -0.25) is 4.79 Å². The van der Waals surface area contributed by atoms with Crippen molar-refractivity contribution < 1.29 is 13.2 Å². The Hall–Kier alpha value is -2.22. The molecule has 0 atom stereocenters. The summed E-state index contributed by atoms with van der Waals surface area (Å²) < 4.78 is 26.5. The first-order valence-electron chi connectivity index (χ1n) is 8.96. The second-order valence-corrected chi connectivity index (χ2v) is 9.03. The van der Waals surface area contributed by atoms with Gasteiger partial charge in [-0.25, -0.2) is 8.42 Å². The third kappa shape index (κ3) is 4.21. The molecule has 2 N–H and O–H groups in total. The lowest BCUT2D eigenvalue weighted by atomic mass is 10.1. The number of hydrogen-bond donors (Lipinski definition) is 2. The first-order chi connectivity index (χ1) is 12.8. The fourth-order valence-electron chi connectivity index (χ4n) is 2.98. The molecule has 0 bridgehead atoms. The summed E-state index contributed by atoms with van der Waals surface area (Å²) in [5.41, 5.74) is 3.90. The number of fused-ring (bicyclic) bond motifs is 1. The van der Waals surface area contributed by atoms with E-state index in [1.54, 1.807) is 26.0 Å². The van der Waals surface area contributed by atoms with Crippen molar-refractivity contribution in [2.75, 3.05) is 7.05 Å². The molecule has 0 saturated carbocycles. The maximum Gasteiger partial charge on any atom is 0.251 e. The molecule has 0 saturated heterocycles. The fourth-order valence-corrected chi connectivity index (χ4v) is 4.40. The highest BCUT2D eigenvalue weighted by molar-refractivity contribution is 7.89. The lowest BCUT2D eigenvalue weighted by Crippen LogP contribution is -2.33. The van der Waals surface area contributed by atoms with E-state index in [1.165, 1.54) is 34.6 Å². The Bertz CT molecular complexity index is 955. The van der Waals surface area contributed by atoms with Crippen LogP contribution in [0.1, 0.15) is 40.9 Å². The van der Waals surface area contributed by atoms with Crippen molar-refractivity contribution in [3.8, 4) is 0 Å². The summed E-state index contributed by atoms with van der Waals surface area (Å²) in [6.45, 7) is 5.74. The minimum Gasteiger partial charge on any atom is -0.348 e. The highest BCUT2D eigenvalue weighted by Gasteiger charge is 2.23. The number of carbonyl (C=O) groups excluding carboxylic acids is 1. The summed E-state index contributed by atoms with van der Waals surface area (Å²) in [5.74, 6) is -0.294. The van der Waals surface area contributed by atoms with Crippen molar-refractivity contribution in [3.63, 3.8) is 0 Å². The summed E-state index contributed by atoms with van der Waals surface area (Å²) in [7, 11) is -2.08. The second kappa shape index (κ2) is 7.80. The minimum absolute atomic E-state index is 0.120.